The summed E-state index contributed by atoms with van der Waals surface area (Å²) in [7, 11) is -3.63. The molecule has 1 saturated carbocycles. The van der Waals surface area contributed by atoms with Crippen LogP contribution in [0, 0.1) is 0 Å². The van der Waals surface area contributed by atoms with Gasteiger partial charge in [-0.15, -0.1) is 0 Å². The van der Waals surface area contributed by atoms with Gasteiger partial charge < -0.3 is 10.1 Å². The van der Waals surface area contributed by atoms with Gasteiger partial charge in [0.1, 0.15) is 0 Å². The summed E-state index contributed by atoms with van der Waals surface area (Å²) in [4.78, 5) is 16.8. The van der Waals surface area contributed by atoms with Crippen LogP contribution >= 0.6 is 15.9 Å². The van der Waals surface area contributed by atoms with E-state index in [0.29, 0.717) is 17.0 Å². The summed E-state index contributed by atoms with van der Waals surface area (Å²) >= 11 is 3.31. The molecule has 0 aliphatic heterocycles. The largest absolute Gasteiger partial charge is 0.478 e. The Kier molecular flexibility index (Phi) is 6.13. The zero-order valence-corrected chi connectivity index (χ0v) is 17.1. The lowest BCUT2D eigenvalue weighted by molar-refractivity contribution is 0.0949. The molecule has 0 atom stereocenters. The van der Waals surface area contributed by atoms with Crippen LogP contribution in [0.4, 0.5) is 0 Å². The zero-order valence-electron chi connectivity index (χ0n) is 14.7. The van der Waals surface area contributed by atoms with E-state index in [4.69, 9.17) is 4.74 Å². The first-order valence-electron chi connectivity index (χ1n) is 8.57. The molecule has 1 aromatic carbocycles. The number of benzene rings is 1. The minimum Gasteiger partial charge on any atom is -0.478 e. The van der Waals surface area contributed by atoms with Gasteiger partial charge >= 0.3 is 0 Å². The SMILES string of the molecule is CCOc1ncccc1CNC(=O)c1cc(S(=O)(=O)NC2CC2)ccc1Br. The van der Waals surface area contributed by atoms with Crippen molar-refractivity contribution in [1.82, 2.24) is 15.0 Å². The second-order valence-corrected chi connectivity index (χ2v) is 8.69. The first kappa shape index (κ1) is 19.8. The van der Waals surface area contributed by atoms with E-state index in [0.717, 1.165) is 18.4 Å². The van der Waals surface area contributed by atoms with Gasteiger partial charge in [-0.1, -0.05) is 6.07 Å². The fourth-order valence-corrected chi connectivity index (χ4v) is 4.19. The lowest BCUT2D eigenvalue weighted by Crippen LogP contribution is -2.27. The van der Waals surface area contributed by atoms with Gasteiger partial charge in [-0.2, -0.15) is 0 Å². The lowest BCUT2D eigenvalue weighted by atomic mass is 10.2. The molecular weight excluding hydrogens is 434 g/mol. The molecular formula is C18H20BrN3O4S. The molecule has 1 fully saturated rings. The minimum absolute atomic E-state index is 0.00140. The number of nitrogens with zero attached hydrogens (tertiary/aromatic N) is 1. The minimum atomic E-state index is -3.63. The monoisotopic (exact) mass is 453 g/mol. The number of aromatic nitrogens is 1. The standard InChI is InChI=1S/C18H20BrN3O4S/c1-2-26-18-12(4-3-9-20-18)11-21-17(23)15-10-14(7-8-16(15)19)27(24,25)22-13-5-6-13/h3-4,7-10,13,22H,2,5-6,11H2,1H3,(H,21,23). The number of ether oxygens (including phenoxy) is 1. The molecule has 2 N–H and O–H groups in total. The van der Waals surface area contributed by atoms with Gasteiger partial charge in [0.2, 0.25) is 15.9 Å². The van der Waals surface area contributed by atoms with Crippen LogP contribution < -0.4 is 14.8 Å². The average molecular weight is 454 g/mol. The highest BCUT2D eigenvalue weighted by Gasteiger charge is 2.28. The van der Waals surface area contributed by atoms with Gasteiger partial charge in [-0.3, -0.25) is 4.79 Å². The normalized spacial score (nSPS) is 14.0. The zero-order chi connectivity index (χ0) is 19.4. The molecule has 9 heteroatoms. The van der Waals surface area contributed by atoms with Crippen molar-refractivity contribution in [2.75, 3.05) is 6.61 Å². The maximum atomic E-state index is 12.6. The third kappa shape index (κ3) is 5.06. The van der Waals surface area contributed by atoms with E-state index in [-0.39, 0.29) is 23.0 Å². The Morgan fingerprint density at radius 3 is 2.81 bits per heavy atom. The van der Waals surface area contributed by atoms with E-state index in [2.05, 4.69) is 31.0 Å². The van der Waals surface area contributed by atoms with E-state index in [1.807, 2.05) is 13.0 Å². The maximum Gasteiger partial charge on any atom is 0.252 e. The molecule has 1 aromatic heterocycles. The number of carbonyl (C=O) groups is 1. The Bertz CT molecular complexity index is 945. The number of amides is 1. The van der Waals surface area contributed by atoms with Crippen molar-refractivity contribution >= 4 is 31.9 Å². The highest BCUT2D eigenvalue weighted by molar-refractivity contribution is 9.10. The lowest BCUT2D eigenvalue weighted by Gasteiger charge is -2.12. The van der Waals surface area contributed by atoms with Crippen LogP contribution in [0.2, 0.25) is 0 Å². The van der Waals surface area contributed by atoms with Crippen LogP contribution in [0.25, 0.3) is 0 Å². The van der Waals surface area contributed by atoms with Crippen LogP contribution in [0.15, 0.2) is 45.9 Å². The Labute approximate surface area is 166 Å². The second kappa shape index (κ2) is 8.37. The van der Waals surface area contributed by atoms with Crippen molar-refractivity contribution in [3.63, 3.8) is 0 Å². The van der Waals surface area contributed by atoms with Gasteiger partial charge in [-0.25, -0.2) is 18.1 Å². The van der Waals surface area contributed by atoms with Crippen LogP contribution in [-0.4, -0.2) is 32.0 Å². The van der Waals surface area contributed by atoms with E-state index < -0.39 is 15.9 Å². The molecule has 1 aliphatic rings. The summed E-state index contributed by atoms with van der Waals surface area (Å²) in [5.74, 6) is 0.0703. The van der Waals surface area contributed by atoms with Crippen LogP contribution in [0.1, 0.15) is 35.7 Å². The molecule has 0 radical (unpaired) electrons. The van der Waals surface area contributed by atoms with Gasteiger partial charge in [0.25, 0.3) is 5.91 Å². The molecule has 2 aromatic rings. The smallest absolute Gasteiger partial charge is 0.252 e. The molecule has 0 spiro atoms. The maximum absolute atomic E-state index is 12.6. The van der Waals surface area contributed by atoms with E-state index in [1.165, 1.54) is 12.1 Å². The topological polar surface area (TPSA) is 97.4 Å². The highest BCUT2D eigenvalue weighted by atomic mass is 79.9. The summed E-state index contributed by atoms with van der Waals surface area (Å²) < 4.78 is 33.3. The number of hydrogen-bond acceptors (Lipinski definition) is 5. The Hall–Kier alpha value is -1.97. The quantitative estimate of drug-likeness (QED) is 0.639. The predicted octanol–water partition coefficient (Wildman–Crippen LogP) is 2.61. The Morgan fingerprint density at radius 2 is 2.11 bits per heavy atom. The summed E-state index contributed by atoms with van der Waals surface area (Å²) in [5, 5.41) is 2.78. The molecule has 0 unspecified atom stereocenters. The molecule has 0 saturated heterocycles. The highest BCUT2D eigenvalue weighted by Crippen LogP contribution is 2.25. The van der Waals surface area contributed by atoms with E-state index in [1.54, 1.807) is 18.3 Å². The third-order valence-corrected chi connectivity index (χ3v) is 6.17. The summed E-state index contributed by atoms with van der Waals surface area (Å²) in [5.41, 5.74) is 0.985. The molecule has 7 nitrogen and oxygen atoms in total. The number of halogens is 1. The van der Waals surface area contributed by atoms with Gasteiger partial charge in [0.05, 0.1) is 17.1 Å². The number of nitrogens with one attached hydrogen (secondary N) is 2. The number of rotatable bonds is 8. The third-order valence-electron chi connectivity index (χ3n) is 3.96. The molecule has 144 valence electrons. The first-order valence-corrected chi connectivity index (χ1v) is 10.8. The van der Waals surface area contributed by atoms with Gasteiger partial charge in [0.15, 0.2) is 0 Å². The molecule has 1 aliphatic carbocycles. The summed E-state index contributed by atoms with van der Waals surface area (Å²) in [6.45, 7) is 2.54. The van der Waals surface area contributed by atoms with Gasteiger partial charge in [0, 0.05) is 28.8 Å². The average Bonchev–Trinajstić information content (AvgIpc) is 3.44. The van der Waals surface area contributed by atoms with Crippen molar-refractivity contribution in [3.05, 3.63) is 52.1 Å². The Balaban J connectivity index is 1.75. The van der Waals surface area contributed by atoms with Crippen LogP contribution in [-0.2, 0) is 16.6 Å². The van der Waals surface area contributed by atoms with E-state index in [9.17, 15) is 13.2 Å². The van der Waals surface area contributed by atoms with Crippen molar-refractivity contribution < 1.29 is 17.9 Å². The molecule has 3 rings (SSSR count). The Morgan fingerprint density at radius 1 is 1.33 bits per heavy atom. The summed E-state index contributed by atoms with van der Waals surface area (Å²) in [6.07, 6.45) is 3.31. The number of pyridine rings is 1. The number of hydrogen-bond donors (Lipinski definition) is 2. The summed E-state index contributed by atoms with van der Waals surface area (Å²) in [6, 6.07) is 7.98. The number of carbonyl (C=O) groups excluding carboxylic acids is 1. The predicted molar refractivity (Wildman–Crippen MR) is 104 cm³/mol. The molecule has 1 heterocycles. The van der Waals surface area contributed by atoms with Crippen molar-refractivity contribution in [3.8, 4) is 5.88 Å². The van der Waals surface area contributed by atoms with Crippen LogP contribution in [0.3, 0.4) is 0 Å². The molecule has 1 amide bonds. The number of sulfonamides is 1. The molecule has 0 bridgehead atoms. The van der Waals surface area contributed by atoms with Crippen LogP contribution in [0.5, 0.6) is 5.88 Å². The van der Waals surface area contributed by atoms with Gasteiger partial charge in [-0.05, 0) is 60.0 Å². The van der Waals surface area contributed by atoms with Crippen molar-refractivity contribution in [2.45, 2.75) is 37.2 Å². The molecule has 27 heavy (non-hydrogen) atoms. The second-order valence-electron chi connectivity index (χ2n) is 6.12. The fourth-order valence-electron chi connectivity index (χ4n) is 2.43. The van der Waals surface area contributed by atoms with E-state index >= 15 is 0 Å². The van der Waals surface area contributed by atoms with Crippen molar-refractivity contribution in [2.24, 2.45) is 0 Å². The fraction of sp³-hybridized carbons (Fsp3) is 0.333. The van der Waals surface area contributed by atoms with Crippen molar-refractivity contribution in [1.29, 1.82) is 0 Å². The first-order chi connectivity index (χ1) is 12.9.